The van der Waals surface area contributed by atoms with E-state index in [9.17, 15) is 0 Å². The van der Waals surface area contributed by atoms with Crippen molar-refractivity contribution in [3.63, 3.8) is 0 Å². The molecule has 0 saturated carbocycles. The summed E-state index contributed by atoms with van der Waals surface area (Å²) in [6.07, 6.45) is 2.23. The van der Waals surface area contributed by atoms with Crippen LogP contribution in [-0.4, -0.2) is 19.7 Å². The number of ether oxygens (including phenoxy) is 1. The number of nitrogens with two attached hydrogens (primary N) is 1. The highest BCUT2D eigenvalue weighted by molar-refractivity contribution is 6.32. The summed E-state index contributed by atoms with van der Waals surface area (Å²) in [6.45, 7) is 4.77. The molecule has 1 aliphatic rings. The van der Waals surface area contributed by atoms with Crippen molar-refractivity contribution in [3.05, 3.63) is 28.8 Å². The zero-order valence-corrected chi connectivity index (χ0v) is 11.5. The van der Waals surface area contributed by atoms with Crippen LogP contribution >= 0.6 is 11.6 Å². The number of nitrogens with one attached hydrogen (secondary N) is 1. The minimum Gasteiger partial charge on any atom is -0.492 e. The zero-order chi connectivity index (χ0) is 13.0. The first-order valence-corrected chi connectivity index (χ1v) is 6.97. The van der Waals surface area contributed by atoms with Gasteiger partial charge in [0.05, 0.1) is 11.6 Å². The van der Waals surface area contributed by atoms with Crippen LogP contribution in [0.2, 0.25) is 5.02 Å². The highest BCUT2D eigenvalue weighted by Gasteiger charge is 2.19. The van der Waals surface area contributed by atoms with E-state index in [1.54, 1.807) is 0 Å². The summed E-state index contributed by atoms with van der Waals surface area (Å²) in [7, 11) is 0. The molecule has 1 aliphatic heterocycles. The molecule has 0 aromatic heterocycles. The molecule has 1 heterocycles. The van der Waals surface area contributed by atoms with E-state index in [0.29, 0.717) is 17.5 Å². The molecule has 2 atom stereocenters. The Kier molecular flexibility index (Phi) is 4.87. The first-order valence-electron chi connectivity index (χ1n) is 6.59. The summed E-state index contributed by atoms with van der Waals surface area (Å²) in [6, 6.07) is 5.92. The molecule has 1 saturated heterocycles. The van der Waals surface area contributed by atoms with Gasteiger partial charge in [-0.1, -0.05) is 17.7 Å². The van der Waals surface area contributed by atoms with Crippen molar-refractivity contribution in [2.24, 2.45) is 11.7 Å². The normalized spacial score (nSPS) is 20.9. The molecular weight excluding hydrogens is 248 g/mol. The summed E-state index contributed by atoms with van der Waals surface area (Å²) in [5.74, 6) is 1.42. The predicted octanol–water partition coefficient (Wildman–Crippen LogP) is 2.74. The Morgan fingerprint density at radius 2 is 2.39 bits per heavy atom. The second-order valence-electron chi connectivity index (χ2n) is 4.82. The maximum atomic E-state index is 6.24. The lowest BCUT2D eigenvalue weighted by atomic mass is 9.95. The third-order valence-electron chi connectivity index (χ3n) is 3.43. The van der Waals surface area contributed by atoms with Gasteiger partial charge in [0.25, 0.3) is 0 Å². The molecule has 0 amide bonds. The first-order chi connectivity index (χ1) is 8.70. The molecule has 3 N–H and O–H groups in total. The van der Waals surface area contributed by atoms with Crippen molar-refractivity contribution in [2.75, 3.05) is 19.7 Å². The van der Waals surface area contributed by atoms with Crippen LogP contribution in [0.25, 0.3) is 0 Å². The smallest absolute Gasteiger partial charge is 0.137 e. The Morgan fingerprint density at radius 3 is 3.00 bits per heavy atom. The highest BCUT2D eigenvalue weighted by Crippen LogP contribution is 2.30. The van der Waals surface area contributed by atoms with Crippen LogP contribution in [0.15, 0.2) is 18.2 Å². The summed E-state index contributed by atoms with van der Waals surface area (Å²) < 4.78 is 5.42. The molecule has 18 heavy (non-hydrogen) atoms. The quantitative estimate of drug-likeness (QED) is 0.863. The fourth-order valence-electron chi connectivity index (χ4n) is 2.43. The van der Waals surface area contributed by atoms with E-state index in [-0.39, 0.29) is 6.04 Å². The van der Waals surface area contributed by atoms with Gasteiger partial charge in [-0.25, -0.2) is 0 Å². The summed E-state index contributed by atoms with van der Waals surface area (Å²) >= 11 is 6.18. The van der Waals surface area contributed by atoms with Crippen molar-refractivity contribution >= 4 is 11.6 Å². The third kappa shape index (κ3) is 3.37. The molecular formula is C14H21ClN2O. The number of hydrogen-bond acceptors (Lipinski definition) is 3. The molecule has 1 aromatic carbocycles. The van der Waals surface area contributed by atoms with Crippen LogP contribution in [0.1, 0.15) is 31.4 Å². The van der Waals surface area contributed by atoms with E-state index in [1.165, 1.54) is 6.42 Å². The molecule has 2 rings (SSSR count). The Morgan fingerprint density at radius 1 is 1.56 bits per heavy atom. The number of hydrogen-bond donors (Lipinski definition) is 2. The maximum Gasteiger partial charge on any atom is 0.137 e. The van der Waals surface area contributed by atoms with Crippen LogP contribution in [0.4, 0.5) is 0 Å². The molecule has 1 fully saturated rings. The number of benzene rings is 1. The molecule has 100 valence electrons. The monoisotopic (exact) mass is 268 g/mol. The fourth-order valence-corrected chi connectivity index (χ4v) is 2.67. The van der Waals surface area contributed by atoms with Gasteiger partial charge in [-0.3, -0.25) is 0 Å². The molecule has 0 radical (unpaired) electrons. The predicted molar refractivity (Wildman–Crippen MR) is 75.1 cm³/mol. The first kappa shape index (κ1) is 13.7. The van der Waals surface area contributed by atoms with Crippen LogP contribution in [0.5, 0.6) is 5.75 Å². The minimum absolute atomic E-state index is 0.0584. The maximum absolute atomic E-state index is 6.24. The van der Waals surface area contributed by atoms with Crippen LogP contribution in [-0.2, 0) is 0 Å². The van der Waals surface area contributed by atoms with Crippen molar-refractivity contribution in [1.82, 2.24) is 5.32 Å². The van der Waals surface area contributed by atoms with E-state index < -0.39 is 0 Å². The molecule has 0 bridgehead atoms. The van der Waals surface area contributed by atoms with E-state index in [0.717, 1.165) is 30.8 Å². The van der Waals surface area contributed by atoms with Gasteiger partial charge in [0.15, 0.2) is 0 Å². The van der Waals surface area contributed by atoms with Gasteiger partial charge in [-0.2, -0.15) is 0 Å². The number of halogens is 1. The molecule has 4 heteroatoms. The van der Waals surface area contributed by atoms with E-state index in [4.69, 9.17) is 22.1 Å². The van der Waals surface area contributed by atoms with E-state index in [2.05, 4.69) is 5.32 Å². The summed E-state index contributed by atoms with van der Waals surface area (Å²) in [5.41, 5.74) is 7.33. The Hall–Kier alpha value is -0.770. The van der Waals surface area contributed by atoms with E-state index in [1.807, 2.05) is 25.1 Å². The van der Waals surface area contributed by atoms with Gasteiger partial charge >= 0.3 is 0 Å². The van der Waals surface area contributed by atoms with Gasteiger partial charge in [0.2, 0.25) is 0 Å². The highest BCUT2D eigenvalue weighted by atomic mass is 35.5. The standard InChI is InChI=1S/C14H21ClN2O/c1-2-18-14-4-3-11(8-12(14)15)13(16)7-10-5-6-17-9-10/h3-4,8,10,13,17H,2,5-7,9,16H2,1H3. The zero-order valence-electron chi connectivity index (χ0n) is 10.8. The van der Waals surface area contributed by atoms with Gasteiger partial charge in [0.1, 0.15) is 5.75 Å². The molecule has 1 aromatic rings. The Balaban J connectivity index is 2.01. The summed E-state index contributed by atoms with van der Waals surface area (Å²) in [4.78, 5) is 0. The lowest BCUT2D eigenvalue weighted by molar-refractivity contribution is 0.340. The van der Waals surface area contributed by atoms with Crippen LogP contribution in [0, 0.1) is 5.92 Å². The average molecular weight is 269 g/mol. The van der Waals surface area contributed by atoms with Crippen molar-refractivity contribution in [3.8, 4) is 5.75 Å². The Labute approximate surface area is 114 Å². The molecule has 3 nitrogen and oxygen atoms in total. The van der Waals surface area contributed by atoms with Crippen LogP contribution < -0.4 is 15.8 Å². The minimum atomic E-state index is 0.0584. The van der Waals surface area contributed by atoms with Crippen molar-refractivity contribution in [2.45, 2.75) is 25.8 Å². The van der Waals surface area contributed by atoms with E-state index >= 15 is 0 Å². The number of rotatable bonds is 5. The van der Waals surface area contributed by atoms with Gasteiger partial charge < -0.3 is 15.8 Å². The Bertz CT molecular complexity index is 391. The second kappa shape index (κ2) is 6.41. The van der Waals surface area contributed by atoms with Gasteiger partial charge in [0, 0.05) is 6.04 Å². The van der Waals surface area contributed by atoms with Crippen LogP contribution in [0.3, 0.4) is 0 Å². The average Bonchev–Trinajstić information content (AvgIpc) is 2.84. The summed E-state index contributed by atoms with van der Waals surface area (Å²) in [5, 5.41) is 4.01. The molecule has 0 aliphatic carbocycles. The topological polar surface area (TPSA) is 47.3 Å². The molecule has 0 spiro atoms. The molecule has 2 unspecified atom stereocenters. The SMILES string of the molecule is CCOc1ccc(C(N)CC2CCNC2)cc1Cl. The lowest BCUT2D eigenvalue weighted by Gasteiger charge is -2.17. The largest absolute Gasteiger partial charge is 0.492 e. The fraction of sp³-hybridized carbons (Fsp3) is 0.571. The van der Waals surface area contributed by atoms with Gasteiger partial charge in [-0.05, 0) is 56.5 Å². The van der Waals surface area contributed by atoms with Crippen molar-refractivity contribution in [1.29, 1.82) is 0 Å². The second-order valence-corrected chi connectivity index (χ2v) is 5.23. The lowest BCUT2D eigenvalue weighted by Crippen LogP contribution is -2.17. The third-order valence-corrected chi connectivity index (χ3v) is 3.73. The van der Waals surface area contributed by atoms with Crippen molar-refractivity contribution < 1.29 is 4.74 Å². The van der Waals surface area contributed by atoms with Gasteiger partial charge in [-0.15, -0.1) is 0 Å².